The van der Waals surface area contributed by atoms with Crippen molar-refractivity contribution in [3.63, 3.8) is 0 Å². The molecule has 1 unspecified atom stereocenters. The van der Waals surface area contributed by atoms with Crippen molar-refractivity contribution in [1.29, 1.82) is 0 Å². The quantitative estimate of drug-likeness (QED) is 0.747. The number of para-hydroxylation sites is 1. The third-order valence-electron chi connectivity index (χ3n) is 4.61. The fraction of sp³-hybridized carbons (Fsp3) is 0.263. The topological polar surface area (TPSA) is 33.4 Å². The lowest BCUT2D eigenvalue weighted by atomic mass is 9.79. The summed E-state index contributed by atoms with van der Waals surface area (Å²) in [5, 5.41) is 11.7. The summed E-state index contributed by atoms with van der Waals surface area (Å²) in [4.78, 5) is 0. The molecule has 4 rings (SSSR count). The second kappa shape index (κ2) is 5.05. The first-order chi connectivity index (χ1) is 10.3. The van der Waals surface area contributed by atoms with Crippen molar-refractivity contribution in [3.05, 3.63) is 71.5 Å². The van der Waals surface area contributed by atoms with Crippen LogP contribution in [0.4, 0.5) is 0 Å². The van der Waals surface area contributed by atoms with Crippen molar-refractivity contribution >= 4 is 11.0 Å². The highest BCUT2D eigenvalue weighted by molar-refractivity contribution is 5.81. The first-order valence-corrected chi connectivity index (χ1v) is 7.57. The molecule has 0 saturated heterocycles. The molecule has 0 amide bonds. The molecule has 1 fully saturated rings. The Balaban J connectivity index is 1.72. The zero-order valence-electron chi connectivity index (χ0n) is 11.8. The van der Waals surface area contributed by atoms with Crippen LogP contribution in [0, 0.1) is 0 Å². The Bertz CT molecular complexity index is 768. The smallest absolute Gasteiger partial charge is 0.134 e. The molecule has 2 heteroatoms. The lowest BCUT2D eigenvalue weighted by molar-refractivity contribution is 0.220. The van der Waals surface area contributed by atoms with Gasteiger partial charge in [0, 0.05) is 10.9 Å². The highest BCUT2D eigenvalue weighted by Crippen LogP contribution is 2.38. The average molecular weight is 278 g/mol. The van der Waals surface area contributed by atoms with Crippen LogP contribution in [0.3, 0.4) is 0 Å². The molecular weight excluding hydrogens is 260 g/mol. The van der Waals surface area contributed by atoms with E-state index >= 15 is 0 Å². The van der Waals surface area contributed by atoms with E-state index in [-0.39, 0.29) is 0 Å². The van der Waals surface area contributed by atoms with E-state index < -0.39 is 6.10 Å². The molecule has 1 aliphatic rings. The molecule has 0 aliphatic heterocycles. The molecule has 1 N–H and O–H groups in total. The molecule has 0 spiro atoms. The zero-order valence-corrected chi connectivity index (χ0v) is 11.8. The maximum Gasteiger partial charge on any atom is 0.134 e. The summed E-state index contributed by atoms with van der Waals surface area (Å²) in [6.07, 6.45) is 4.91. The molecule has 2 nitrogen and oxygen atoms in total. The van der Waals surface area contributed by atoms with Crippen LogP contribution in [0.2, 0.25) is 0 Å². The molecule has 1 aromatic heterocycles. The highest BCUT2D eigenvalue weighted by Gasteiger charge is 2.21. The molecule has 1 saturated carbocycles. The van der Waals surface area contributed by atoms with E-state index in [1.807, 2.05) is 30.3 Å². The minimum atomic E-state index is -0.631. The molecular formula is C19H18O2. The van der Waals surface area contributed by atoms with Gasteiger partial charge in [-0.25, -0.2) is 0 Å². The monoisotopic (exact) mass is 278 g/mol. The van der Waals surface area contributed by atoms with Crippen LogP contribution in [0.5, 0.6) is 0 Å². The van der Waals surface area contributed by atoms with Gasteiger partial charge in [-0.1, -0.05) is 48.9 Å². The van der Waals surface area contributed by atoms with Gasteiger partial charge in [0.05, 0.1) is 6.26 Å². The summed E-state index contributed by atoms with van der Waals surface area (Å²) in [5.74, 6) is 0.679. The summed E-state index contributed by atoms with van der Waals surface area (Å²) in [7, 11) is 0. The zero-order chi connectivity index (χ0) is 14.2. The number of hydrogen-bond donors (Lipinski definition) is 1. The van der Waals surface area contributed by atoms with Crippen molar-refractivity contribution in [1.82, 2.24) is 0 Å². The summed E-state index contributed by atoms with van der Waals surface area (Å²) >= 11 is 0. The van der Waals surface area contributed by atoms with Gasteiger partial charge in [0.2, 0.25) is 0 Å². The third-order valence-corrected chi connectivity index (χ3v) is 4.61. The number of aliphatic hydroxyl groups is 1. The maximum absolute atomic E-state index is 10.7. The standard InChI is InChI=1S/C19H18O2/c20-19(17-12-21-18-10-2-1-9-16(17)18)15-8-4-7-14(11-15)13-5-3-6-13/h1-2,4,7-13,19-20H,3,5-6H2. The molecule has 3 aromatic rings. The van der Waals surface area contributed by atoms with Crippen LogP contribution >= 0.6 is 0 Å². The van der Waals surface area contributed by atoms with Crippen molar-refractivity contribution in [3.8, 4) is 0 Å². The van der Waals surface area contributed by atoms with Crippen molar-refractivity contribution in [2.45, 2.75) is 31.3 Å². The molecule has 106 valence electrons. The van der Waals surface area contributed by atoms with Crippen molar-refractivity contribution < 1.29 is 9.52 Å². The van der Waals surface area contributed by atoms with E-state index in [1.165, 1.54) is 24.8 Å². The first kappa shape index (κ1) is 12.7. The fourth-order valence-electron chi connectivity index (χ4n) is 3.11. The Morgan fingerprint density at radius 1 is 1.05 bits per heavy atom. The summed E-state index contributed by atoms with van der Waals surface area (Å²) in [6.45, 7) is 0. The molecule has 2 aromatic carbocycles. The van der Waals surface area contributed by atoms with Gasteiger partial charge in [0.25, 0.3) is 0 Å². The Kier molecular flexibility index (Phi) is 3.04. The first-order valence-electron chi connectivity index (χ1n) is 7.57. The van der Waals surface area contributed by atoms with Crippen molar-refractivity contribution in [2.24, 2.45) is 0 Å². The molecule has 0 radical (unpaired) electrons. The highest BCUT2D eigenvalue weighted by atomic mass is 16.3. The predicted molar refractivity (Wildman–Crippen MR) is 83.3 cm³/mol. The maximum atomic E-state index is 10.7. The third kappa shape index (κ3) is 2.16. The normalized spacial score (nSPS) is 16.8. The van der Waals surface area contributed by atoms with Crippen LogP contribution in [0.1, 0.15) is 48.0 Å². The largest absolute Gasteiger partial charge is 0.464 e. The number of fused-ring (bicyclic) bond motifs is 1. The fourth-order valence-corrected chi connectivity index (χ4v) is 3.11. The van der Waals surface area contributed by atoms with Gasteiger partial charge in [-0.15, -0.1) is 0 Å². The SMILES string of the molecule is OC(c1cccc(C2CCC2)c1)c1coc2ccccc12. The molecule has 0 bridgehead atoms. The molecule has 21 heavy (non-hydrogen) atoms. The van der Waals surface area contributed by atoms with E-state index in [9.17, 15) is 5.11 Å². The minimum Gasteiger partial charge on any atom is -0.464 e. The predicted octanol–water partition coefficient (Wildman–Crippen LogP) is 4.78. The number of aliphatic hydroxyl groups excluding tert-OH is 1. The summed E-state index contributed by atoms with van der Waals surface area (Å²) in [5.41, 5.74) is 3.97. The number of hydrogen-bond acceptors (Lipinski definition) is 2. The number of benzene rings is 2. The van der Waals surface area contributed by atoms with Crippen molar-refractivity contribution in [2.75, 3.05) is 0 Å². The lowest BCUT2D eigenvalue weighted by Gasteiger charge is -2.26. The Hall–Kier alpha value is -2.06. The second-order valence-electron chi connectivity index (χ2n) is 5.89. The van der Waals surface area contributed by atoms with Gasteiger partial charge in [0.15, 0.2) is 0 Å². The molecule has 1 aliphatic carbocycles. The van der Waals surface area contributed by atoms with Gasteiger partial charge in [-0.05, 0) is 36.0 Å². The van der Waals surface area contributed by atoms with Gasteiger partial charge in [0.1, 0.15) is 11.7 Å². The van der Waals surface area contributed by atoms with Crippen LogP contribution < -0.4 is 0 Å². The number of furan rings is 1. The van der Waals surface area contributed by atoms with Crippen LogP contribution in [0.25, 0.3) is 11.0 Å². The lowest BCUT2D eigenvalue weighted by Crippen LogP contribution is -2.09. The Morgan fingerprint density at radius 2 is 1.90 bits per heavy atom. The van der Waals surface area contributed by atoms with E-state index in [4.69, 9.17) is 4.42 Å². The van der Waals surface area contributed by atoms with Gasteiger partial charge in [-0.2, -0.15) is 0 Å². The van der Waals surface area contributed by atoms with E-state index in [0.717, 1.165) is 22.1 Å². The summed E-state index contributed by atoms with van der Waals surface area (Å²) in [6, 6.07) is 16.2. The van der Waals surface area contributed by atoms with Crippen LogP contribution in [-0.4, -0.2) is 5.11 Å². The van der Waals surface area contributed by atoms with E-state index in [1.54, 1.807) is 6.26 Å². The Labute approximate surface area is 124 Å². The van der Waals surface area contributed by atoms with E-state index in [2.05, 4.69) is 18.2 Å². The summed E-state index contributed by atoms with van der Waals surface area (Å²) < 4.78 is 5.54. The van der Waals surface area contributed by atoms with Crippen LogP contribution in [0.15, 0.2) is 59.2 Å². The second-order valence-corrected chi connectivity index (χ2v) is 5.89. The van der Waals surface area contributed by atoms with Gasteiger partial charge >= 0.3 is 0 Å². The minimum absolute atomic E-state index is 0.631. The van der Waals surface area contributed by atoms with E-state index in [0.29, 0.717) is 5.92 Å². The number of rotatable bonds is 3. The van der Waals surface area contributed by atoms with Crippen LogP contribution in [-0.2, 0) is 0 Å². The molecule has 1 heterocycles. The Morgan fingerprint density at radius 3 is 2.71 bits per heavy atom. The van der Waals surface area contributed by atoms with Gasteiger partial charge in [-0.3, -0.25) is 0 Å². The molecule has 1 atom stereocenters. The van der Waals surface area contributed by atoms with Gasteiger partial charge < -0.3 is 9.52 Å². The average Bonchev–Trinajstić information content (AvgIpc) is 2.89.